The topological polar surface area (TPSA) is 21.3 Å². The zero-order valence-corrected chi connectivity index (χ0v) is 13.5. The summed E-state index contributed by atoms with van der Waals surface area (Å²) < 4.78 is 5.00. The first-order valence-electron chi connectivity index (χ1n) is 6.93. The Bertz CT molecular complexity index is 343. The van der Waals surface area contributed by atoms with E-state index in [4.69, 9.17) is 4.74 Å². The summed E-state index contributed by atoms with van der Waals surface area (Å²) in [5.41, 5.74) is 1.76. The summed E-state index contributed by atoms with van der Waals surface area (Å²) in [6.45, 7) is 9.46. The summed E-state index contributed by atoms with van der Waals surface area (Å²) in [4.78, 5) is 1.37. The third-order valence-corrected chi connectivity index (χ3v) is 3.87. The minimum absolute atomic E-state index is 0.429. The van der Waals surface area contributed by atoms with Gasteiger partial charge in [-0.3, -0.25) is 0 Å². The lowest BCUT2D eigenvalue weighted by molar-refractivity contribution is 0.199. The van der Waals surface area contributed by atoms with Gasteiger partial charge in [-0.1, -0.05) is 32.9 Å². The van der Waals surface area contributed by atoms with E-state index in [-0.39, 0.29) is 0 Å². The molecule has 0 radical (unpaired) electrons. The molecule has 3 heteroatoms. The largest absolute Gasteiger partial charge is 0.383 e. The molecule has 0 atom stereocenters. The molecule has 1 N–H and O–H groups in total. The second kappa shape index (κ2) is 8.62. The van der Waals surface area contributed by atoms with Crippen LogP contribution in [0.5, 0.6) is 0 Å². The summed E-state index contributed by atoms with van der Waals surface area (Å²) in [7, 11) is 1.73. The minimum atomic E-state index is 0.429. The lowest BCUT2D eigenvalue weighted by atomic mass is 9.94. The van der Waals surface area contributed by atoms with E-state index in [9.17, 15) is 0 Å². The molecule has 0 saturated heterocycles. The van der Waals surface area contributed by atoms with E-state index in [2.05, 4.69) is 50.4 Å². The average Bonchev–Trinajstić information content (AvgIpc) is 2.35. The van der Waals surface area contributed by atoms with Gasteiger partial charge in [-0.2, -0.15) is 0 Å². The van der Waals surface area contributed by atoms with Crippen molar-refractivity contribution >= 4 is 11.8 Å². The second-order valence-electron chi connectivity index (χ2n) is 5.97. The van der Waals surface area contributed by atoms with Crippen molar-refractivity contribution in [2.45, 2.75) is 38.6 Å². The first kappa shape index (κ1) is 16.5. The molecular formula is C16H27NOS. The molecule has 0 aliphatic rings. The third kappa shape index (κ3) is 8.30. The molecule has 0 amide bonds. The van der Waals surface area contributed by atoms with Gasteiger partial charge in [0.05, 0.1) is 6.61 Å². The summed E-state index contributed by atoms with van der Waals surface area (Å²) in [5, 5.41) is 3.35. The highest BCUT2D eigenvalue weighted by Gasteiger charge is 2.09. The smallest absolute Gasteiger partial charge is 0.0587 e. The zero-order chi connectivity index (χ0) is 14.1. The monoisotopic (exact) mass is 281 g/mol. The third-order valence-electron chi connectivity index (χ3n) is 2.86. The van der Waals surface area contributed by atoms with Gasteiger partial charge in [0.2, 0.25) is 0 Å². The van der Waals surface area contributed by atoms with E-state index >= 15 is 0 Å². The average molecular weight is 281 g/mol. The van der Waals surface area contributed by atoms with Gasteiger partial charge in [0.25, 0.3) is 0 Å². The first-order chi connectivity index (χ1) is 9.01. The SMILES string of the molecule is COCCNCc1ccc(SCCC(C)(C)C)cc1. The summed E-state index contributed by atoms with van der Waals surface area (Å²) in [6, 6.07) is 8.86. The van der Waals surface area contributed by atoms with Crippen molar-refractivity contribution in [1.82, 2.24) is 5.32 Å². The van der Waals surface area contributed by atoms with E-state index in [0.29, 0.717) is 5.41 Å². The molecule has 0 aliphatic carbocycles. The Labute approximate surface area is 122 Å². The lowest BCUT2D eigenvalue weighted by Crippen LogP contribution is -2.18. The van der Waals surface area contributed by atoms with Crippen LogP contribution in [0.4, 0.5) is 0 Å². The van der Waals surface area contributed by atoms with E-state index in [1.165, 1.54) is 22.6 Å². The molecular weight excluding hydrogens is 254 g/mol. The van der Waals surface area contributed by atoms with Crippen LogP contribution in [0.1, 0.15) is 32.8 Å². The van der Waals surface area contributed by atoms with Gasteiger partial charge in [0.15, 0.2) is 0 Å². The van der Waals surface area contributed by atoms with E-state index in [1.807, 2.05) is 11.8 Å². The maximum atomic E-state index is 5.00. The Morgan fingerprint density at radius 3 is 2.42 bits per heavy atom. The van der Waals surface area contributed by atoms with Crippen molar-refractivity contribution < 1.29 is 4.74 Å². The standard InChI is InChI=1S/C16H27NOS/c1-16(2,3)9-12-19-15-7-5-14(6-8-15)13-17-10-11-18-4/h5-8,17H,9-13H2,1-4H3. The quantitative estimate of drug-likeness (QED) is 0.576. The van der Waals surface area contributed by atoms with E-state index < -0.39 is 0 Å². The second-order valence-corrected chi connectivity index (χ2v) is 7.14. The van der Waals surface area contributed by atoms with Crippen LogP contribution in [0.15, 0.2) is 29.2 Å². The predicted molar refractivity (Wildman–Crippen MR) is 84.8 cm³/mol. The molecule has 0 unspecified atom stereocenters. The minimum Gasteiger partial charge on any atom is -0.383 e. The zero-order valence-electron chi connectivity index (χ0n) is 12.7. The van der Waals surface area contributed by atoms with Gasteiger partial charge in [0, 0.05) is 25.1 Å². The van der Waals surface area contributed by atoms with E-state index in [1.54, 1.807) is 7.11 Å². The Hall–Kier alpha value is -0.510. The number of hydrogen-bond acceptors (Lipinski definition) is 3. The lowest BCUT2D eigenvalue weighted by Gasteiger charge is -2.17. The molecule has 108 valence electrons. The maximum Gasteiger partial charge on any atom is 0.0587 e. The molecule has 1 aromatic carbocycles. The van der Waals surface area contributed by atoms with Gasteiger partial charge in [-0.05, 0) is 35.3 Å². The van der Waals surface area contributed by atoms with Crippen LogP contribution >= 0.6 is 11.8 Å². The van der Waals surface area contributed by atoms with Crippen LogP contribution < -0.4 is 5.32 Å². The fraction of sp³-hybridized carbons (Fsp3) is 0.625. The first-order valence-corrected chi connectivity index (χ1v) is 7.91. The molecule has 0 aromatic heterocycles. The number of hydrogen-bond donors (Lipinski definition) is 1. The Balaban J connectivity index is 2.27. The summed E-state index contributed by atoms with van der Waals surface area (Å²) in [5.74, 6) is 1.19. The molecule has 0 saturated carbocycles. The molecule has 0 spiro atoms. The van der Waals surface area contributed by atoms with E-state index in [0.717, 1.165) is 19.7 Å². The van der Waals surface area contributed by atoms with Crippen molar-refractivity contribution in [2.75, 3.05) is 26.0 Å². The van der Waals surface area contributed by atoms with Crippen molar-refractivity contribution in [1.29, 1.82) is 0 Å². The maximum absolute atomic E-state index is 5.00. The van der Waals surface area contributed by atoms with Crippen LogP contribution in [-0.2, 0) is 11.3 Å². The number of rotatable bonds is 8. The molecule has 1 aromatic rings. The number of benzene rings is 1. The molecule has 0 fully saturated rings. The molecule has 0 heterocycles. The highest BCUT2D eigenvalue weighted by molar-refractivity contribution is 7.99. The fourth-order valence-electron chi connectivity index (χ4n) is 1.59. The van der Waals surface area contributed by atoms with Gasteiger partial charge in [-0.15, -0.1) is 11.8 Å². The van der Waals surface area contributed by atoms with Crippen molar-refractivity contribution in [3.8, 4) is 0 Å². The summed E-state index contributed by atoms with van der Waals surface area (Å²) >= 11 is 1.95. The fourth-order valence-corrected chi connectivity index (χ4v) is 2.86. The predicted octanol–water partition coefficient (Wildman–Crippen LogP) is 3.95. The number of nitrogens with one attached hydrogen (secondary N) is 1. The van der Waals surface area contributed by atoms with Crippen molar-refractivity contribution in [2.24, 2.45) is 5.41 Å². The van der Waals surface area contributed by atoms with Crippen LogP contribution in [-0.4, -0.2) is 26.0 Å². The molecule has 2 nitrogen and oxygen atoms in total. The number of methoxy groups -OCH3 is 1. The van der Waals surface area contributed by atoms with Crippen molar-refractivity contribution in [3.63, 3.8) is 0 Å². The Kier molecular flexibility index (Phi) is 7.51. The molecule has 0 bridgehead atoms. The van der Waals surface area contributed by atoms with Gasteiger partial charge >= 0.3 is 0 Å². The normalized spacial score (nSPS) is 11.8. The molecule has 0 aliphatic heterocycles. The van der Waals surface area contributed by atoms with Crippen LogP contribution in [0.3, 0.4) is 0 Å². The summed E-state index contributed by atoms with van der Waals surface area (Å²) in [6.07, 6.45) is 1.25. The number of ether oxygens (including phenoxy) is 1. The molecule has 1 rings (SSSR count). The highest BCUT2D eigenvalue weighted by Crippen LogP contribution is 2.25. The van der Waals surface area contributed by atoms with Crippen LogP contribution in [0, 0.1) is 5.41 Å². The Morgan fingerprint density at radius 2 is 1.84 bits per heavy atom. The molecule has 19 heavy (non-hydrogen) atoms. The van der Waals surface area contributed by atoms with Crippen LogP contribution in [0.2, 0.25) is 0 Å². The van der Waals surface area contributed by atoms with Crippen LogP contribution in [0.25, 0.3) is 0 Å². The van der Waals surface area contributed by atoms with Gasteiger partial charge < -0.3 is 10.1 Å². The van der Waals surface area contributed by atoms with Gasteiger partial charge in [0.1, 0.15) is 0 Å². The Morgan fingerprint density at radius 1 is 1.16 bits per heavy atom. The number of thioether (sulfide) groups is 1. The highest BCUT2D eigenvalue weighted by atomic mass is 32.2. The van der Waals surface area contributed by atoms with Gasteiger partial charge in [-0.25, -0.2) is 0 Å². The van der Waals surface area contributed by atoms with Crippen molar-refractivity contribution in [3.05, 3.63) is 29.8 Å².